The Hall–Kier alpha value is -3.47. The number of carbonyl (C=O) groups excluding carboxylic acids is 2. The molecule has 1 saturated heterocycles. The van der Waals surface area contributed by atoms with E-state index >= 15 is 0 Å². The van der Waals surface area contributed by atoms with Crippen molar-refractivity contribution in [3.63, 3.8) is 0 Å². The SMILES string of the molecule is CN1C[C@@H](c2ccc(Cl)cc2)[C@@]2(COc3ccccc3C2=O)C12C(=O)c1cccc3cccc2c13. The Morgan fingerprint density at radius 1 is 0.857 bits per heavy atom. The van der Waals surface area contributed by atoms with E-state index in [1.807, 2.05) is 92.0 Å². The van der Waals surface area contributed by atoms with Gasteiger partial charge in [0.15, 0.2) is 11.6 Å². The van der Waals surface area contributed by atoms with Crippen molar-refractivity contribution < 1.29 is 14.3 Å². The van der Waals surface area contributed by atoms with Crippen molar-refractivity contribution in [2.75, 3.05) is 20.2 Å². The van der Waals surface area contributed by atoms with Gasteiger partial charge in [-0.05, 0) is 53.2 Å². The number of likely N-dealkylation sites (N-methyl/N-ethyl adjacent to an activating group) is 1. The molecule has 3 atom stereocenters. The lowest BCUT2D eigenvalue weighted by atomic mass is 9.57. The first-order valence-electron chi connectivity index (χ1n) is 11.8. The van der Waals surface area contributed by atoms with Gasteiger partial charge in [0.2, 0.25) is 0 Å². The third-order valence-corrected chi connectivity index (χ3v) is 8.65. The van der Waals surface area contributed by atoms with Crippen molar-refractivity contribution in [2.45, 2.75) is 11.5 Å². The summed E-state index contributed by atoms with van der Waals surface area (Å²) < 4.78 is 6.36. The van der Waals surface area contributed by atoms with Gasteiger partial charge < -0.3 is 4.74 Å². The fourth-order valence-corrected chi connectivity index (χ4v) is 7.15. The largest absolute Gasteiger partial charge is 0.492 e. The van der Waals surface area contributed by atoms with E-state index in [4.69, 9.17) is 16.3 Å². The number of hydrogen-bond acceptors (Lipinski definition) is 4. The number of likely N-dealkylation sites (tertiary alicyclic amines) is 1. The third-order valence-electron chi connectivity index (χ3n) is 8.40. The molecule has 1 aliphatic carbocycles. The zero-order chi connectivity index (χ0) is 23.9. The molecule has 0 bridgehead atoms. The molecule has 3 aliphatic rings. The van der Waals surface area contributed by atoms with Crippen LogP contribution in [0.3, 0.4) is 0 Å². The van der Waals surface area contributed by atoms with Crippen molar-refractivity contribution in [1.29, 1.82) is 0 Å². The highest BCUT2D eigenvalue weighted by atomic mass is 35.5. The molecule has 1 fully saturated rings. The number of ether oxygens (including phenoxy) is 1. The molecule has 35 heavy (non-hydrogen) atoms. The van der Waals surface area contributed by atoms with Crippen LogP contribution < -0.4 is 4.74 Å². The van der Waals surface area contributed by atoms with Gasteiger partial charge in [-0.1, -0.05) is 72.3 Å². The lowest BCUT2D eigenvalue weighted by molar-refractivity contribution is 0.00830. The van der Waals surface area contributed by atoms with Crippen LogP contribution in [0.15, 0.2) is 84.9 Å². The summed E-state index contributed by atoms with van der Waals surface area (Å²) in [6, 6.07) is 26.9. The van der Waals surface area contributed by atoms with Crippen LogP contribution in [0.2, 0.25) is 5.02 Å². The summed E-state index contributed by atoms with van der Waals surface area (Å²) in [5, 5.41) is 2.58. The van der Waals surface area contributed by atoms with Crippen molar-refractivity contribution in [2.24, 2.45) is 5.41 Å². The number of fused-ring (bicyclic) bond motifs is 3. The van der Waals surface area contributed by atoms with E-state index in [1.54, 1.807) is 0 Å². The van der Waals surface area contributed by atoms with Crippen LogP contribution in [0.5, 0.6) is 5.75 Å². The number of para-hydroxylation sites is 1. The summed E-state index contributed by atoms with van der Waals surface area (Å²) in [5.74, 6) is 0.240. The molecule has 4 aromatic rings. The zero-order valence-electron chi connectivity index (χ0n) is 19.1. The van der Waals surface area contributed by atoms with Crippen LogP contribution in [-0.2, 0) is 5.54 Å². The van der Waals surface area contributed by atoms with E-state index in [2.05, 4.69) is 4.90 Å². The Labute approximate surface area is 208 Å². The first-order chi connectivity index (χ1) is 17.0. The average Bonchev–Trinajstić information content (AvgIpc) is 3.30. The predicted octanol–water partition coefficient (Wildman–Crippen LogP) is 5.88. The summed E-state index contributed by atoms with van der Waals surface area (Å²) in [5.41, 5.74) is 0.756. The summed E-state index contributed by atoms with van der Waals surface area (Å²) in [6.45, 7) is 0.658. The fraction of sp³-hybridized carbons (Fsp3) is 0.200. The van der Waals surface area contributed by atoms with Crippen LogP contribution >= 0.6 is 11.6 Å². The molecule has 1 unspecified atom stereocenters. The molecule has 0 radical (unpaired) electrons. The molecule has 0 N–H and O–H groups in total. The van der Waals surface area contributed by atoms with E-state index < -0.39 is 11.0 Å². The maximum atomic E-state index is 14.7. The van der Waals surface area contributed by atoms with Gasteiger partial charge in [0.05, 0.1) is 5.56 Å². The van der Waals surface area contributed by atoms with Gasteiger partial charge >= 0.3 is 0 Å². The number of rotatable bonds is 1. The number of carbonyl (C=O) groups is 2. The highest BCUT2D eigenvalue weighted by Crippen LogP contribution is 2.65. The Kier molecular flexibility index (Phi) is 4.19. The van der Waals surface area contributed by atoms with Gasteiger partial charge in [-0.2, -0.15) is 0 Å². The number of ketones is 2. The van der Waals surface area contributed by atoms with E-state index in [-0.39, 0.29) is 24.1 Å². The van der Waals surface area contributed by atoms with Crippen LogP contribution in [0.4, 0.5) is 0 Å². The summed E-state index contributed by atoms with van der Waals surface area (Å²) in [6.07, 6.45) is 0. The van der Waals surface area contributed by atoms with Crippen LogP contribution in [-0.4, -0.2) is 36.7 Å². The maximum absolute atomic E-state index is 14.7. The van der Waals surface area contributed by atoms with Gasteiger partial charge in [-0.15, -0.1) is 0 Å². The quantitative estimate of drug-likeness (QED) is 0.342. The van der Waals surface area contributed by atoms with Crippen molar-refractivity contribution in [3.8, 4) is 5.75 Å². The van der Waals surface area contributed by atoms with Crippen molar-refractivity contribution in [3.05, 3.63) is 112 Å². The van der Waals surface area contributed by atoms with E-state index in [0.717, 1.165) is 21.9 Å². The molecule has 2 heterocycles. The standard InChI is InChI=1S/C30H22ClNO3/c1-32-16-24(18-12-14-20(31)15-13-18)29(17-35-25-11-3-2-8-21(25)27(29)33)30(32)23-10-5-7-19-6-4-9-22(26(19)23)28(30)34/h2-15,24H,16-17H2,1H3/t24-,29+,30?/m0/s1. The minimum absolute atomic E-state index is 0.0282. The molecule has 5 heteroatoms. The number of Topliss-reactive ketones (excluding diaryl/α,β-unsaturated/α-hetero) is 2. The van der Waals surface area contributed by atoms with Gasteiger partial charge in [0.1, 0.15) is 23.3 Å². The summed E-state index contributed by atoms with van der Waals surface area (Å²) in [7, 11) is 1.97. The molecule has 4 nitrogen and oxygen atoms in total. The molecule has 0 amide bonds. The van der Waals surface area contributed by atoms with E-state index in [9.17, 15) is 9.59 Å². The lowest BCUT2D eigenvalue weighted by Crippen LogP contribution is -2.61. The van der Waals surface area contributed by atoms with Crippen molar-refractivity contribution in [1.82, 2.24) is 4.90 Å². The summed E-state index contributed by atoms with van der Waals surface area (Å²) in [4.78, 5) is 31.4. The zero-order valence-corrected chi connectivity index (χ0v) is 19.9. The van der Waals surface area contributed by atoms with Crippen molar-refractivity contribution >= 4 is 33.9 Å². The van der Waals surface area contributed by atoms with Crippen LogP contribution in [0, 0.1) is 5.41 Å². The molecule has 2 aliphatic heterocycles. The Morgan fingerprint density at radius 3 is 2.37 bits per heavy atom. The van der Waals surface area contributed by atoms with E-state index in [0.29, 0.717) is 28.4 Å². The average molecular weight is 480 g/mol. The maximum Gasteiger partial charge on any atom is 0.189 e. The van der Waals surface area contributed by atoms with E-state index in [1.165, 1.54) is 0 Å². The minimum Gasteiger partial charge on any atom is -0.492 e. The molecule has 2 spiro atoms. The Bertz CT molecular complexity index is 1560. The summed E-state index contributed by atoms with van der Waals surface area (Å²) >= 11 is 6.22. The normalized spacial score (nSPS) is 27.1. The first-order valence-corrected chi connectivity index (χ1v) is 12.2. The smallest absolute Gasteiger partial charge is 0.189 e. The lowest BCUT2D eigenvalue weighted by Gasteiger charge is -2.48. The second-order valence-electron chi connectivity index (χ2n) is 9.82. The van der Waals surface area contributed by atoms with Gasteiger partial charge in [-0.25, -0.2) is 0 Å². The van der Waals surface area contributed by atoms with Gasteiger partial charge in [-0.3, -0.25) is 14.5 Å². The Balaban J connectivity index is 1.58. The van der Waals surface area contributed by atoms with Crippen LogP contribution in [0.25, 0.3) is 10.8 Å². The number of hydrogen-bond donors (Lipinski definition) is 0. The third kappa shape index (κ3) is 2.36. The van der Waals surface area contributed by atoms with Gasteiger partial charge in [0, 0.05) is 23.0 Å². The number of halogens is 1. The fourth-order valence-electron chi connectivity index (χ4n) is 7.02. The highest BCUT2D eigenvalue weighted by molar-refractivity contribution is 6.30. The minimum atomic E-state index is -1.18. The molecule has 0 aromatic heterocycles. The number of nitrogens with zero attached hydrogens (tertiary/aromatic N) is 1. The highest BCUT2D eigenvalue weighted by Gasteiger charge is 2.74. The second kappa shape index (κ2) is 7.03. The first kappa shape index (κ1) is 20.9. The molecular weight excluding hydrogens is 458 g/mol. The Morgan fingerprint density at radius 2 is 1.57 bits per heavy atom. The molecule has 0 saturated carbocycles. The molecular formula is C30H22ClNO3. The van der Waals surface area contributed by atoms with Gasteiger partial charge in [0.25, 0.3) is 0 Å². The molecule has 4 aromatic carbocycles. The topological polar surface area (TPSA) is 46.6 Å². The molecule has 172 valence electrons. The second-order valence-corrected chi connectivity index (χ2v) is 10.3. The monoisotopic (exact) mass is 479 g/mol. The van der Waals surface area contributed by atoms with Crippen LogP contribution in [0.1, 0.15) is 37.8 Å². The number of benzene rings is 4. The molecule has 7 rings (SSSR count). The predicted molar refractivity (Wildman–Crippen MR) is 135 cm³/mol.